The third-order valence-corrected chi connectivity index (χ3v) is 2.39. The summed E-state index contributed by atoms with van der Waals surface area (Å²) in [5.74, 6) is -0.0822. The highest BCUT2D eigenvalue weighted by Gasteiger charge is 2.18. The Labute approximate surface area is 108 Å². The van der Waals surface area contributed by atoms with E-state index in [2.05, 4.69) is 25.0 Å². The molecule has 0 aliphatic carbocycles. The van der Waals surface area contributed by atoms with Crippen LogP contribution in [-0.4, -0.2) is 51.4 Å². The van der Waals surface area contributed by atoms with E-state index in [4.69, 9.17) is 9.47 Å². The van der Waals surface area contributed by atoms with Crippen LogP contribution in [0.5, 0.6) is 0 Å². The molecule has 0 amide bonds. The minimum Gasteiger partial charge on any atom is -0.458 e. The monoisotopic (exact) mass is 267 g/mol. The smallest absolute Gasteiger partial charge is 0.360 e. The molecular formula is C10H13N5O4. The van der Waals surface area contributed by atoms with Gasteiger partial charge < -0.3 is 14.0 Å². The van der Waals surface area contributed by atoms with Gasteiger partial charge in [-0.3, -0.25) is 0 Å². The van der Waals surface area contributed by atoms with Crippen molar-refractivity contribution < 1.29 is 18.8 Å². The van der Waals surface area contributed by atoms with Crippen LogP contribution in [-0.2, 0) is 16.0 Å². The molecule has 2 aromatic rings. The van der Waals surface area contributed by atoms with Crippen molar-refractivity contribution in [2.24, 2.45) is 0 Å². The van der Waals surface area contributed by atoms with Crippen molar-refractivity contribution in [3.8, 4) is 0 Å². The molecule has 2 rings (SSSR count). The van der Waals surface area contributed by atoms with E-state index >= 15 is 0 Å². The van der Waals surface area contributed by atoms with Crippen LogP contribution in [0.2, 0.25) is 0 Å². The number of ether oxygens (including phenoxy) is 2. The number of carbonyl (C=O) groups is 1. The lowest BCUT2D eigenvalue weighted by Gasteiger charge is -2.02. The fourth-order valence-corrected chi connectivity index (χ4v) is 1.38. The van der Waals surface area contributed by atoms with Gasteiger partial charge in [-0.05, 0) is 6.92 Å². The summed E-state index contributed by atoms with van der Waals surface area (Å²) < 4.78 is 15.9. The third-order valence-electron chi connectivity index (χ3n) is 2.39. The SMILES string of the molecule is COCCOC(=O)c1nnn(Cc2ncon2)c1C. The van der Waals surface area contributed by atoms with Crippen molar-refractivity contribution in [2.75, 3.05) is 20.3 Å². The van der Waals surface area contributed by atoms with Crippen molar-refractivity contribution in [3.63, 3.8) is 0 Å². The first-order chi connectivity index (χ1) is 9.22. The predicted molar refractivity (Wildman–Crippen MR) is 60.3 cm³/mol. The van der Waals surface area contributed by atoms with Gasteiger partial charge in [0.05, 0.1) is 12.3 Å². The van der Waals surface area contributed by atoms with Crippen LogP contribution in [0.1, 0.15) is 22.0 Å². The Morgan fingerprint density at radius 3 is 3.00 bits per heavy atom. The van der Waals surface area contributed by atoms with Crippen LogP contribution in [0.25, 0.3) is 0 Å². The molecule has 0 atom stereocenters. The second kappa shape index (κ2) is 6.05. The fraction of sp³-hybridized carbons (Fsp3) is 0.500. The predicted octanol–water partition coefficient (Wildman–Crippen LogP) is -0.179. The maximum Gasteiger partial charge on any atom is 0.360 e. The molecule has 0 aliphatic rings. The maximum absolute atomic E-state index is 11.7. The molecule has 0 fully saturated rings. The molecular weight excluding hydrogens is 254 g/mol. The summed E-state index contributed by atoms with van der Waals surface area (Å²) in [7, 11) is 1.53. The van der Waals surface area contributed by atoms with E-state index in [-0.39, 0.29) is 18.8 Å². The van der Waals surface area contributed by atoms with Crippen molar-refractivity contribution in [3.05, 3.63) is 23.6 Å². The largest absolute Gasteiger partial charge is 0.458 e. The van der Waals surface area contributed by atoms with Gasteiger partial charge in [0.15, 0.2) is 11.5 Å². The molecule has 0 radical (unpaired) electrons. The van der Waals surface area contributed by atoms with Gasteiger partial charge >= 0.3 is 5.97 Å². The molecule has 9 heteroatoms. The number of aromatic nitrogens is 5. The number of esters is 1. The van der Waals surface area contributed by atoms with Crippen LogP contribution in [0.15, 0.2) is 10.9 Å². The van der Waals surface area contributed by atoms with E-state index in [0.29, 0.717) is 18.1 Å². The summed E-state index contributed by atoms with van der Waals surface area (Å²) in [4.78, 5) is 15.6. The van der Waals surface area contributed by atoms with Gasteiger partial charge in [-0.15, -0.1) is 5.10 Å². The number of methoxy groups -OCH3 is 1. The number of hydrogen-bond acceptors (Lipinski definition) is 8. The minimum absolute atomic E-state index is 0.166. The van der Waals surface area contributed by atoms with Crippen molar-refractivity contribution in [1.29, 1.82) is 0 Å². The van der Waals surface area contributed by atoms with Gasteiger partial charge in [-0.2, -0.15) is 4.98 Å². The second-order valence-electron chi connectivity index (χ2n) is 3.66. The zero-order chi connectivity index (χ0) is 13.7. The lowest BCUT2D eigenvalue weighted by molar-refractivity contribution is 0.0380. The maximum atomic E-state index is 11.7. The van der Waals surface area contributed by atoms with Gasteiger partial charge in [0, 0.05) is 7.11 Å². The Morgan fingerprint density at radius 2 is 2.32 bits per heavy atom. The molecule has 0 N–H and O–H groups in total. The first-order valence-corrected chi connectivity index (χ1v) is 5.53. The fourth-order valence-electron chi connectivity index (χ4n) is 1.38. The summed E-state index contributed by atoms with van der Waals surface area (Å²) in [6, 6.07) is 0. The molecule has 9 nitrogen and oxygen atoms in total. The number of nitrogens with zero attached hydrogens (tertiary/aromatic N) is 5. The lowest BCUT2D eigenvalue weighted by Crippen LogP contribution is -2.12. The van der Waals surface area contributed by atoms with Crippen LogP contribution in [0.4, 0.5) is 0 Å². The topological polar surface area (TPSA) is 105 Å². The molecule has 0 saturated carbocycles. The Hall–Kier alpha value is -2.29. The summed E-state index contributed by atoms with van der Waals surface area (Å²) in [5.41, 5.74) is 0.742. The van der Waals surface area contributed by atoms with E-state index in [1.165, 1.54) is 18.2 Å². The van der Waals surface area contributed by atoms with E-state index in [9.17, 15) is 4.79 Å². The molecule has 102 valence electrons. The highest BCUT2D eigenvalue weighted by atomic mass is 16.6. The zero-order valence-corrected chi connectivity index (χ0v) is 10.6. The van der Waals surface area contributed by atoms with Crippen molar-refractivity contribution >= 4 is 5.97 Å². The number of carbonyl (C=O) groups excluding carboxylic acids is 1. The molecule has 2 heterocycles. The normalized spacial score (nSPS) is 10.6. The third kappa shape index (κ3) is 3.13. The summed E-state index contributed by atoms with van der Waals surface area (Å²) in [5, 5.41) is 11.3. The zero-order valence-electron chi connectivity index (χ0n) is 10.6. The Morgan fingerprint density at radius 1 is 1.47 bits per heavy atom. The molecule has 2 aromatic heterocycles. The molecule has 0 bridgehead atoms. The summed E-state index contributed by atoms with van der Waals surface area (Å²) >= 11 is 0. The molecule has 0 unspecified atom stereocenters. The minimum atomic E-state index is -0.533. The quantitative estimate of drug-likeness (QED) is 0.524. The number of hydrogen-bond donors (Lipinski definition) is 0. The van der Waals surface area contributed by atoms with Crippen molar-refractivity contribution in [2.45, 2.75) is 13.5 Å². The molecule has 0 aliphatic heterocycles. The van der Waals surface area contributed by atoms with Crippen LogP contribution in [0, 0.1) is 6.92 Å². The summed E-state index contributed by atoms with van der Waals surface area (Å²) in [6.45, 7) is 2.50. The van der Waals surface area contributed by atoms with E-state index < -0.39 is 5.97 Å². The molecule has 0 spiro atoms. The average molecular weight is 267 g/mol. The van der Waals surface area contributed by atoms with E-state index in [1.54, 1.807) is 6.92 Å². The lowest BCUT2D eigenvalue weighted by atomic mass is 10.3. The van der Waals surface area contributed by atoms with Crippen LogP contribution < -0.4 is 0 Å². The first kappa shape index (κ1) is 13.1. The van der Waals surface area contributed by atoms with Crippen LogP contribution >= 0.6 is 0 Å². The van der Waals surface area contributed by atoms with E-state index in [1.807, 2.05) is 0 Å². The Balaban J connectivity index is 2.03. The van der Waals surface area contributed by atoms with Gasteiger partial charge in [-0.25, -0.2) is 9.48 Å². The molecule has 0 aromatic carbocycles. The van der Waals surface area contributed by atoms with Crippen LogP contribution in [0.3, 0.4) is 0 Å². The van der Waals surface area contributed by atoms with Gasteiger partial charge in [0.25, 0.3) is 0 Å². The summed E-state index contributed by atoms with van der Waals surface area (Å²) in [6.07, 6.45) is 1.22. The highest BCUT2D eigenvalue weighted by Crippen LogP contribution is 2.07. The van der Waals surface area contributed by atoms with Gasteiger partial charge in [0.1, 0.15) is 13.2 Å². The number of rotatable bonds is 6. The Bertz CT molecular complexity index is 536. The Kier molecular flexibility index (Phi) is 4.18. The van der Waals surface area contributed by atoms with Gasteiger partial charge in [-0.1, -0.05) is 10.4 Å². The van der Waals surface area contributed by atoms with Gasteiger partial charge in [0.2, 0.25) is 6.39 Å². The van der Waals surface area contributed by atoms with E-state index in [0.717, 1.165) is 0 Å². The van der Waals surface area contributed by atoms with Crippen molar-refractivity contribution in [1.82, 2.24) is 25.1 Å². The second-order valence-corrected chi connectivity index (χ2v) is 3.66. The first-order valence-electron chi connectivity index (χ1n) is 5.53. The standard InChI is InChI=1S/C10H13N5O4/c1-7-9(10(16)18-4-3-17-2)12-14-15(7)5-8-11-6-19-13-8/h6H,3-5H2,1-2H3. The molecule has 0 saturated heterocycles. The average Bonchev–Trinajstić information content (AvgIpc) is 3.02. The molecule has 19 heavy (non-hydrogen) atoms. The highest BCUT2D eigenvalue weighted by molar-refractivity contribution is 5.88.